The molecule has 0 unspecified atom stereocenters. The van der Waals surface area contributed by atoms with Gasteiger partial charge in [-0.25, -0.2) is 0 Å². The first kappa shape index (κ1) is 38.9. The zero-order chi connectivity index (χ0) is 40.7. The van der Waals surface area contributed by atoms with Gasteiger partial charge >= 0.3 is 0 Å². The summed E-state index contributed by atoms with van der Waals surface area (Å²) >= 11 is 19.9. The minimum Gasteiger partial charge on any atom is -0.503 e. The van der Waals surface area contributed by atoms with Crippen molar-refractivity contribution in [3.63, 3.8) is 0 Å². The molecule has 4 amide bonds. The summed E-state index contributed by atoms with van der Waals surface area (Å²) in [5, 5.41) is 23.9. The van der Waals surface area contributed by atoms with Crippen LogP contribution in [0.3, 0.4) is 0 Å². The number of anilines is 2. The molecule has 1 saturated carbocycles. The summed E-state index contributed by atoms with van der Waals surface area (Å²) < 4.78 is 11.7. The molecule has 3 fully saturated rings. The molecule has 17 heteroatoms. The molecule has 0 bridgehead atoms. The lowest BCUT2D eigenvalue weighted by atomic mass is 9.49. The number of ether oxygens (including phenoxy) is 2. The van der Waals surface area contributed by atoms with Crippen LogP contribution in [0.2, 0.25) is 10.0 Å². The molecule has 2 saturated heterocycles. The van der Waals surface area contributed by atoms with Gasteiger partial charge in [-0.3, -0.25) is 39.6 Å². The number of hydrazine groups is 1. The molecule has 2 aliphatic carbocycles. The van der Waals surface area contributed by atoms with E-state index in [1.165, 1.54) is 44.6 Å². The maximum absolute atomic E-state index is 15.6. The van der Waals surface area contributed by atoms with Gasteiger partial charge in [-0.15, -0.1) is 0 Å². The van der Waals surface area contributed by atoms with E-state index in [2.05, 4.69) is 37.3 Å². The molecule has 4 aliphatic rings. The van der Waals surface area contributed by atoms with Crippen LogP contribution < -0.4 is 19.8 Å². The Kier molecular flexibility index (Phi) is 9.86. The van der Waals surface area contributed by atoms with Gasteiger partial charge in [0.15, 0.2) is 11.5 Å². The number of nitro benzene ring substituents is 1. The van der Waals surface area contributed by atoms with Crippen molar-refractivity contribution >= 4 is 95.8 Å². The smallest absolute Gasteiger partial charge is 0.269 e. The van der Waals surface area contributed by atoms with Crippen LogP contribution in [-0.2, 0) is 24.6 Å². The number of carbonyl (C=O) groups excluding carboxylic acids is 4. The summed E-state index contributed by atoms with van der Waals surface area (Å²) in [5.41, 5.74) is 3.08. The molecule has 4 aromatic carbocycles. The number of methoxy groups -OCH3 is 2. The molecule has 2 heterocycles. The highest BCUT2D eigenvalue weighted by molar-refractivity contribution is 9.13. The van der Waals surface area contributed by atoms with E-state index in [9.17, 15) is 24.8 Å². The average molecular weight is 941 g/mol. The van der Waals surface area contributed by atoms with Gasteiger partial charge in [0.05, 0.1) is 63.2 Å². The van der Waals surface area contributed by atoms with Crippen LogP contribution in [0.15, 0.2) is 93.4 Å². The van der Waals surface area contributed by atoms with E-state index in [0.29, 0.717) is 31.9 Å². The van der Waals surface area contributed by atoms with Crippen LogP contribution >= 0.6 is 55.1 Å². The molecule has 2 aliphatic heterocycles. The van der Waals surface area contributed by atoms with E-state index >= 15 is 9.59 Å². The summed E-state index contributed by atoms with van der Waals surface area (Å²) in [7, 11) is 2.90. The molecule has 0 aromatic heterocycles. The van der Waals surface area contributed by atoms with Gasteiger partial charge in [0.25, 0.3) is 17.5 Å². The Morgan fingerprint density at radius 3 is 2.23 bits per heavy atom. The number of non-ortho nitro benzene ring substituents is 1. The third-order valence-corrected chi connectivity index (χ3v) is 14.3. The third-order valence-electron chi connectivity index (χ3n) is 11.6. The van der Waals surface area contributed by atoms with Crippen molar-refractivity contribution in [2.45, 2.75) is 24.2 Å². The van der Waals surface area contributed by atoms with Crippen LogP contribution in [0.25, 0.3) is 0 Å². The van der Waals surface area contributed by atoms with Crippen molar-refractivity contribution < 1.29 is 38.7 Å². The SMILES string of the molecule is COc1ccc([C@@]23C(=O)N(Nc4ccc(Cl)cc4Cl)C(=O)[C@@H]2C[C@@H]2C(=CC[C@@H]4C(=O)N(c5ccc([N+](=O)[O-])cc5)C(=O)[C@@H]42)[C@@H]3c2cc(OC)c(O)c(Br)c2Br)cc1. The number of phenols is 1. The number of nitrogens with one attached hydrogen (secondary N) is 1. The first-order chi connectivity index (χ1) is 27.2. The largest absolute Gasteiger partial charge is 0.503 e. The number of aromatic hydroxyl groups is 1. The van der Waals surface area contributed by atoms with Crippen LogP contribution in [0.5, 0.6) is 17.2 Å². The number of rotatable bonds is 8. The Morgan fingerprint density at radius 2 is 1.60 bits per heavy atom. The average Bonchev–Trinajstić information content (AvgIpc) is 3.58. The molecule has 4 aromatic rings. The van der Waals surface area contributed by atoms with Crippen molar-refractivity contribution in [2.75, 3.05) is 24.5 Å². The van der Waals surface area contributed by atoms with Crippen molar-refractivity contribution in [2.24, 2.45) is 23.7 Å². The zero-order valence-corrected chi connectivity index (χ0v) is 34.6. The predicted molar refractivity (Wildman–Crippen MR) is 216 cm³/mol. The zero-order valence-electron chi connectivity index (χ0n) is 29.9. The number of hydrogen-bond acceptors (Lipinski definition) is 10. The normalized spacial score (nSPS) is 25.2. The van der Waals surface area contributed by atoms with Crippen LogP contribution in [-0.4, -0.2) is 52.9 Å². The molecule has 0 spiro atoms. The number of hydrogen-bond donors (Lipinski definition) is 2. The standard InChI is InChI=1S/C40H30Br2Cl2N4O9/c1-56-22-10-3-18(4-11-22)40-27(37(51)47(39(40)53)45-29-14-5-19(43)15-28(29)44)16-25-23(32(40)26-17-30(57-2)35(49)34(42)33(26)41)12-13-24-31(25)38(52)46(36(24)50)20-6-8-21(9-7-20)48(54)55/h3-12,14-15,17,24-25,27,31-32,45,49H,13,16H2,1-2H3/t24-,25+,27-,31-,32+,40+/m0/s1. The van der Waals surface area contributed by atoms with Crippen LogP contribution in [0, 0.1) is 33.8 Å². The number of nitro groups is 1. The summed E-state index contributed by atoms with van der Waals surface area (Å²) in [6, 6.07) is 18.2. The fourth-order valence-corrected chi connectivity index (χ4v) is 10.5. The van der Waals surface area contributed by atoms with Gasteiger partial charge in [0.1, 0.15) is 5.75 Å². The number of fused-ring (bicyclic) bond motifs is 4. The monoisotopic (exact) mass is 938 g/mol. The van der Waals surface area contributed by atoms with Gasteiger partial charge in [0, 0.05) is 27.5 Å². The highest BCUT2D eigenvalue weighted by atomic mass is 79.9. The lowest BCUT2D eigenvalue weighted by Crippen LogP contribution is -2.53. The van der Waals surface area contributed by atoms with E-state index in [1.54, 1.807) is 42.5 Å². The molecular weight excluding hydrogens is 911 g/mol. The second-order valence-electron chi connectivity index (χ2n) is 14.1. The quantitative estimate of drug-likeness (QED) is 0.0759. The molecule has 292 valence electrons. The first-order valence-corrected chi connectivity index (χ1v) is 19.9. The topological polar surface area (TPSA) is 169 Å². The number of imide groups is 2. The number of allylic oxidation sites excluding steroid dienone is 2. The Labute approximate surface area is 351 Å². The van der Waals surface area contributed by atoms with Gasteiger partial charge in [-0.2, -0.15) is 5.01 Å². The fourth-order valence-electron chi connectivity index (χ4n) is 9.14. The number of halogens is 4. The summed E-state index contributed by atoms with van der Waals surface area (Å²) in [5.74, 6) is -6.42. The Hall–Kier alpha value is -4.96. The van der Waals surface area contributed by atoms with E-state index in [4.69, 9.17) is 32.7 Å². The van der Waals surface area contributed by atoms with E-state index < -0.39 is 63.6 Å². The van der Waals surface area contributed by atoms with Gasteiger partial charge in [0.2, 0.25) is 11.8 Å². The second-order valence-corrected chi connectivity index (χ2v) is 16.6. The van der Waals surface area contributed by atoms with Gasteiger partial charge in [-0.05, 0) is 110 Å². The summed E-state index contributed by atoms with van der Waals surface area (Å²) in [6.45, 7) is 0. The predicted octanol–water partition coefficient (Wildman–Crippen LogP) is 8.34. The first-order valence-electron chi connectivity index (χ1n) is 17.6. The van der Waals surface area contributed by atoms with Gasteiger partial charge < -0.3 is 14.6 Å². The Balaban J connectivity index is 1.35. The van der Waals surface area contributed by atoms with E-state index in [0.717, 1.165) is 9.91 Å². The van der Waals surface area contributed by atoms with E-state index in [1.807, 2.05) is 6.08 Å². The van der Waals surface area contributed by atoms with Crippen molar-refractivity contribution in [1.82, 2.24) is 5.01 Å². The number of amides is 4. The number of carbonyl (C=O) groups is 4. The van der Waals surface area contributed by atoms with Crippen LogP contribution in [0.1, 0.15) is 29.9 Å². The minimum atomic E-state index is -1.68. The summed E-state index contributed by atoms with van der Waals surface area (Å²) in [6.07, 6.45) is 2.00. The Morgan fingerprint density at radius 1 is 0.895 bits per heavy atom. The lowest BCUT2D eigenvalue weighted by Gasteiger charge is -2.51. The van der Waals surface area contributed by atoms with Crippen molar-refractivity contribution in [1.29, 1.82) is 0 Å². The minimum absolute atomic E-state index is 0.00619. The number of benzene rings is 4. The lowest BCUT2D eigenvalue weighted by molar-refractivity contribution is -0.384. The molecule has 8 rings (SSSR count). The summed E-state index contributed by atoms with van der Waals surface area (Å²) in [4.78, 5) is 71.2. The maximum atomic E-state index is 15.6. The molecule has 57 heavy (non-hydrogen) atoms. The molecular formula is C40H30Br2Cl2N4O9. The fraction of sp³-hybridized carbons (Fsp3) is 0.250. The van der Waals surface area contributed by atoms with Crippen molar-refractivity contribution in [3.8, 4) is 17.2 Å². The second kappa shape index (κ2) is 14.5. The van der Waals surface area contributed by atoms with Crippen molar-refractivity contribution in [3.05, 3.63) is 125 Å². The maximum Gasteiger partial charge on any atom is 0.269 e. The molecule has 13 nitrogen and oxygen atoms in total. The molecule has 0 radical (unpaired) electrons. The third kappa shape index (κ3) is 5.83. The number of phenolic OH excluding ortho intramolecular Hbond substituents is 1. The van der Waals surface area contributed by atoms with Gasteiger partial charge in [-0.1, -0.05) is 47.0 Å². The van der Waals surface area contributed by atoms with E-state index in [-0.39, 0.29) is 50.9 Å². The Bertz CT molecular complexity index is 2450. The highest BCUT2D eigenvalue weighted by Crippen LogP contribution is 2.66. The van der Waals surface area contributed by atoms with Crippen LogP contribution in [0.4, 0.5) is 17.1 Å². The highest BCUT2D eigenvalue weighted by Gasteiger charge is 2.70. The molecule has 6 atom stereocenters. The number of nitrogens with zero attached hydrogens (tertiary/aromatic N) is 3. The molecule has 2 N–H and O–H groups in total.